The summed E-state index contributed by atoms with van der Waals surface area (Å²) in [6.45, 7) is 3.65. The van der Waals surface area contributed by atoms with Gasteiger partial charge in [0.05, 0.1) is 5.69 Å². The fourth-order valence-corrected chi connectivity index (χ4v) is 2.79. The smallest absolute Gasteiger partial charge is 0.245 e. The Morgan fingerprint density at radius 2 is 1.95 bits per heavy atom. The quantitative estimate of drug-likeness (QED) is 0.862. The van der Waals surface area contributed by atoms with E-state index in [4.69, 9.17) is 18.0 Å². The molecule has 1 unspecified atom stereocenters. The summed E-state index contributed by atoms with van der Waals surface area (Å²) in [5.74, 6) is 0.163. The van der Waals surface area contributed by atoms with Gasteiger partial charge in [-0.05, 0) is 31.9 Å². The minimum absolute atomic E-state index is 0.163. The third kappa shape index (κ3) is 3.15. The number of nitrogens with two attached hydrogens (primary N) is 1. The number of hydrogen-bond acceptors (Lipinski definition) is 2. The number of likely N-dealkylation sites (tertiary alicyclic amines) is 1. The van der Waals surface area contributed by atoms with Crippen LogP contribution >= 0.6 is 12.2 Å². The SMILES string of the molecule is CC(C(=O)N1CCCCCC1)n1cccc1C(N)=S. The van der Waals surface area contributed by atoms with E-state index in [1.807, 2.05) is 34.7 Å². The Kier molecular flexibility index (Phi) is 4.58. The summed E-state index contributed by atoms with van der Waals surface area (Å²) >= 11 is 5.02. The van der Waals surface area contributed by atoms with Gasteiger partial charge >= 0.3 is 0 Å². The highest BCUT2D eigenvalue weighted by Gasteiger charge is 2.23. The molecule has 1 aromatic rings. The molecule has 104 valence electrons. The van der Waals surface area contributed by atoms with Crippen LogP contribution in [0.15, 0.2) is 18.3 Å². The lowest BCUT2D eigenvalue weighted by molar-refractivity contribution is -0.134. The van der Waals surface area contributed by atoms with Crippen molar-refractivity contribution < 1.29 is 4.79 Å². The normalized spacial score (nSPS) is 17.8. The summed E-state index contributed by atoms with van der Waals surface area (Å²) in [7, 11) is 0. The average molecular weight is 279 g/mol. The molecule has 1 amide bonds. The number of hydrogen-bond donors (Lipinski definition) is 1. The van der Waals surface area contributed by atoms with E-state index in [0.717, 1.165) is 31.6 Å². The lowest BCUT2D eigenvalue weighted by Gasteiger charge is -2.26. The minimum atomic E-state index is -0.246. The van der Waals surface area contributed by atoms with Gasteiger partial charge in [0.2, 0.25) is 5.91 Å². The predicted molar refractivity (Wildman–Crippen MR) is 80.1 cm³/mol. The molecular weight excluding hydrogens is 258 g/mol. The molecule has 2 heterocycles. The molecule has 0 saturated carbocycles. The first-order valence-electron chi connectivity index (χ1n) is 6.86. The van der Waals surface area contributed by atoms with Crippen LogP contribution in [-0.4, -0.2) is 33.5 Å². The lowest BCUT2D eigenvalue weighted by atomic mass is 10.2. The lowest BCUT2D eigenvalue weighted by Crippen LogP contribution is -2.37. The molecule has 2 rings (SSSR count). The van der Waals surface area contributed by atoms with Gasteiger partial charge in [-0.15, -0.1) is 0 Å². The van der Waals surface area contributed by atoms with Crippen LogP contribution in [-0.2, 0) is 4.79 Å². The Morgan fingerprint density at radius 3 is 2.53 bits per heavy atom. The molecule has 1 aliphatic heterocycles. The summed E-state index contributed by atoms with van der Waals surface area (Å²) in [6, 6.07) is 3.49. The maximum absolute atomic E-state index is 12.5. The summed E-state index contributed by atoms with van der Waals surface area (Å²) in [5.41, 5.74) is 6.44. The number of carbonyl (C=O) groups is 1. The number of thiocarbonyl (C=S) groups is 1. The van der Waals surface area contributed by atoms with Gasteiger partial charge in [0.25, 0.3) is 0 Å². The fraction of sp³-hybridized carbons (Fsp3) is 0.571. The van der Waals surface area contributed by atoms with Crippen molar-refractivity contribution in [2.75, 3.05) is 13.1 Å². The van der Waals surface area contributed by atoms with Crippen molar-refractivity contribution in [2.24, 2.45) is 5.73 Å². The molecule has 5 heteroatoms. The van der Waals surface area contributed by atoms with Crippen LogP contribution in [0.1, 0.15) is 44.3 Å². The number of carbonyl (C=O) groups excluding carboxylic acids is 1. The van der Waals surface area contributed by atoms with Gasteiger partial charge in [-0.3, -0.25) is 4.79 Å². The van der Waals surface area contributed by atoms with Gasteiger partial charge in [0.1, 0.15) is 11.0 Å². The van der Waals surface area contributed by atoms with Crippen LogP contribution in [0.4, 0.5) is 0 Å². The van der Waals surface area contributed by atoms with Gasteiger partial charge in [-0.1, -0.05) is 25.1 Å². The highest BCUT2D eigenvalue weighted by atomic mass is 32.1. The molecule has 1 aromatic heterocycles. The van der Waals surface area contributed by atoms with Gasteiger partial charge in [-0.25, -0.2) is 0 Å². The van der Waals surface area contributed by atoms with Crippen molar-refractivity contribution >= 4 is 23.1 Å². The van der Waals surface area contributed by atoms with Gasteiger partial charge in [0.15, 0.2) is 0 Å². The van der Waals surface area contributed by atoms with E-state index in [2.05, 4.69) is 0 Å². The highest BCUT2D eigenvalue weighted by Crippen LogP contribution is 2.18. The second-order valence-corrected chi connectivity index (χ2v) is 5.52. The fourth-order valence-electron chi connectivity index (χ4n) is 2.61. The van der Waals surface area contributed by atoms with Gasteiger partial charge in [-0.2, -0.15) is 0 Å². The summed E-state index contributed by atoms with van der Waals surface area (Å²) in [5, 5.41) is 0. The Hall–Kier alpha value is -1.36. The van der Waals surface area contributed by atoms with E-state index < -0.39 is 0 Å². The number of rotatable bonds is 3. The summed E-state index contributed by atoms with van der Waals surface area (Å²) in [6.07, 6.45) is 6.52. The first-order chi connectivity index (χ1) is 9.11. The van der Waals surface area contributed by atoms with E-state index >= 15 is 0 Å². The van der Waals surface area contributed by atoms with E-state index in [0.29, 0.717) is 4.99 Å². The van der Waals surface area contributed by atoms with Gasteiger partial charge in [0, 0.05) is 19.3 Å². The van der Waals surface area contributed by atoms with E-state index in [1.165, 1.54) is 12.8 Å². The Balaban J connectivity index is 2.13. The maximum Gasteiger partial charge on any atom is 0.245 e. The first kappa shape index (κ1) is 14.1. The average Bonchev–Trinajstić information content (AvgIpc) is 2.73. The molecule has 19 heavy (non-hydrogen) atoms. The third-order valence-electron chi connectivity index (χ3n) is 3.72. The van der Waals surface area contributed by atoms with E-state index in [-0.39, 0.29) is 11.9 Å². The first-order valence-corrected chi connectivity index (χ1v) is 7.27. The Morgan fingerprint density at radius 1 is 1.32 bits per heavy atom. The van der Waals surface area contributed by atoms with Crippen LogP contribution in [0.5, 0.6) is 0 Å². The zero-order chi connectivity index (χ0) is 13.8. The van der Waals surface area contributed by atoms with Crippen LogP contribution in [0.25, 0.3) is 0 Å². The van der Waals surface area contributed by atoms with Crippen LogP contribution in [0, 0.1) is 0 Å². The molecule has 2 N–H and O–H groups in total. The zero-order valence-corrected chi connectivity index (χ0v) is 12.2. The molecule has 0 radical (unpaired) electrons. The van der Waals surface area contributed by atoms with Crippen molar-refractivity contribution in [2.45, 2.75) is 38.6 Å². The predicted octanol–water partition coefficient (Wildman–Crippen LogP) is 2.09. The molecule has 1 saturated heterocycles. The van der Waals surface area contributed by atoms with E-state index in [1.54, 1.807) is 0 Å². The third-order valence-corrected chi connectivity index (χ3v) is 3.93. The van der Waals surface area contributed by atoms with Crippen molar-refractivity contribution in [3.05, 3.63) is 24.0 Å². The molecule has 1 atom stereocenters. The van der Waals surface area contributed by atoms with Crippen molar-refractivity contribution in [1.29, 1.82) is 0 Å². The van der Waals surface area contributed by atoms with Gasteiger partial charge < -0.3 is 15.2 Å². The second-order valence-electron chi connectivity index (χ2n) is 5.08. The standard InChI is InChI=1S/C14H21N3OS/c1-11(17-10-6-7-12(17)13(15)19)14(18)16-8-4-2-3-5-9-16/h6-7,10-11H,2-5,8-9H2,1H3,(H2,15,19). The minimum Gasteiger partial charge on any atom is -0.388 e. The molecule has 1 fully saturated rings. The van der Waals surface area contributed by atoms with Crippen molar-refractivity contribution in [1.82, 2.24) is 9.47 Å². The molecular formula is C14H21N3OS. The largest absolute Gasteiger partial charge is 0.388 e. The molecule has 1 aliphatic rings. The van der Waals surface area contributed by atoms with E-state index in [9.17, 15) is 4.79 Å². The highest BCUT2D eigenvalue weighted by molar-refractivity contribution is 7.80. The maximum atomic E-state index is 12.5. The van der Waals surface area contributed by atoms with Crippen LogP contribution in [0.3, 0.4) is 0 Å². The summed E-state index contributed by atoms with van der Waals surface area (Å²) in [4.78, 5) is 14.9. The molecule has 4 nitrogen and oxygen atoms in total. The summed E-state index contributed by atoms with van der Waals surface area (Å²) < 4.78 is 1.87. The van der Waals surface area contributed by atoms with Crippen LogP contribution < -0.4 is 5.73 Å². The molecule has 0 aromatic carbocycles. The van der Waals surface area contributed by atoms with Crippen molar-refractivity contribution in [3.8, 4) is 0 Å². The van der Waals surface area contributed by atoms with Crippen LogP contribution in [0.2, 0.25) is 0 Å². The topological polar surface area (TPSA) is 51.3 Å². The number of nitrogens with zero attached hydrogens (tertiary/aromatic N) is 2. The monoisotopic (exact) mass is 279 g/mol. The van der Waals surface area contributed by atoms with Crippen molar-refractivity contribution in [3.63, 3.8) is 0 Å². The number of aromatic nitrogens is 1. The Labute approximate surface area is 119 Å². The molecule has 0 bridgehead atoms. The second kappa shape index (κ2) is 6.19. The molecule has 0 aliphatic carbocycles. The Bertz CT molecular complexity index is 461. The molecule has 0 spiro atoms. The number of amides is 1. The zero-order valence-electron chi connectivity index (χ0n) is 11.3.